The van der Waals surface area contributed by atoms with Gasteiger partial charge >= 0.3 is 0 Å². The predicted molar refractivity (Wildman–Crippen MR) is 82.9 cm³/mol. The van der Waals surface area contributed by atoms with Crippen molar-refractivity contribution >= 4 is 15.8 Å². The first-order valence-corrected chi connectivity index (χ1v) is 8.94. The molecule has 0 saturated carbocycles. The number of piperazine rings is 1. The highest BCUT2D eigenvalue weighted by Crippen LogP contribution is 2.12. The third-order valence-electron chi connectivity index (χ3n) is 3.94. The maximum Gasteiger partial charge on any atom is 0.213 e. The Labute approximate surface area is 130 Å². The van der Waals surface area contributed by atoms with Crippen molar-refractivity contribution in [3.05, 3.63) is 35.1 Å². The molecule has 1 aliphatic heterocycles. The number of Topliss-reactive ketones (excluding diaryl/α,β-unsaturated/α-hetero) is 1. The number of aryl methyl sites for hydroxylation is 1. The summed E-state index contributed by atoms with van der Waals surface area (Å²) in [5, 5.41) is 0. The number of halogens is 1. The lowest BCUT2D eigenvalue weighted by Gasteiger charge is -2.33. The van der Waals surface area contributed by atoms with Crippen molar-refractivity contribution in [2.75, 3.05) is 38.5 Å². The van der Waals surface area contributed by atoms with Gasteiger partial charge in [0.1, 0.15) is 5.82 Å². The highest BCUT2D eigenvalue weighted by Gasteiger charge is 2.26. The van der Waals surface area contributed by atoms with Gasteiger partial charge in [-0.1, -0.05) is 0 Å². The molecular weight excluding hydrogens is 307 g/mol. The minimum absolute atomic E-state index is 0.0742. The van der Waals surface area contributed by atoms with E-state index < -0.39 is 10.0 Å². The van der Waals surface area contributed by atoms with Crippen LogP contribution in [0.25, 0.3) is 0 Å². The molecule has 2 rings (SSSR count). The van der Waals surface area contributed by atoms with Gasteiger partial charge in [0.05, 0.1) is 12.3 Å². The van der Waals surface area contributed by atoms with Gasteiger partial charge in [-0.15, -0.1) is 0 Å². The van der Waals surface area contributed by atoms with Crippen LogP contribution in [0.3, 0.4) is 0 Å². The molecule has 5 nitrogen and oxygen atoms in total. The number of hydrogen-bond donors (Lipinski definition) is 0. The molecule has 0 spiro atoms. The van der Waals surface area contributed by atoms with Crippen LogP contribution in [0, 0.1) is 12.7 Å². The average Bonchev–Trinajstić information content (AvgIpc) is 2.50. The molecule has 0 bridgehead atoms. The van der Waals surface area contributed by atoms with Crippen molar-refractivity contribution in [1.29, 1.82) is 0 Å². The Bertz CT molecular complexity index is 653. The molecule has 0 aromatic heterocycles. The molecule has 0 N–H and O–H groups in total. The molecule has 1 saturated heterocycles. The molecule has 0 radical (unpaired) electrons. The second-order valence-corrected chi connectivity index (χ2v) is 7.72. The molecular formula is C15H21FN2O3S. The van der Waals surface area contributed by atoms with Crippen molar-refractivity contribution in [2.24, 2.45) is 0 Å². The third-order valence-corrected chi connectivity index (χ3v) is 5.82. The van der Waals surface area contributed by atoms with E-state index in [0.29, 0.717) is 37.3 Å². The molecule has 0 aliphatic carbocycles. The lowest BCUT2D eigenvalue weighted by atomic mass is 10.1. The fourth-order valence-electron chi connectivity index (χ4n) is 2.46. The van der Waals surface area contributed by atoms with E-state index >= 15 is 0 Å². The molecule has 1 fully saturated rings. The lowest BCUT2D eigenvalue weighted by Crippen LogP contribution is -2.50. The van der Waals surface area contributed by atoms with Gasteiger partial charge in [0.2, 0.25) is 10.0 Å². The summed E-state index contributed by atoms with van der Waals surface area (Å²) in [6.45, 7) is 5.36. The van der Waals surface area contributed by atoms with Gasteiger partial charge in [-0.3, -0.25) is 9.69 Å². The van der Waals surface area contributed by atoms with Gasteiger partial charge < -0.3 is 0 Å². The van der Waals surface area contributed by atoms with Gasteiger partial charge in [-0.25, -0.2) is 12.8 Å². The number of nitrogens with zero attached hydrogens (tertiary/aromatic N) is 2. The quantitative estimate of drug-likeness (QED) is 0.764. The number of benzene rings is 1. The van der Waals surface area contributed by atoms with Crippen LogP contribution in [0.1, 0.15) is 22.8 Å². The summed E-state index contributed by atoms with van der Waals surface area (Å²) in [5.74, 6) is -0.300. The van der Waals surface area contributed by atoms with E-state index in [1.807, 2.05) is 4.90 Å². The van der Waals surface area contributed by atoms with Crippen molar-refractivity contribution in [2.45, 2.75) is 13.8 Å². The first-order chi connectivity index (χ1) is 10.3. The largest absolute Gasteiger partial charge is 0.293 e. The van der Waals surface area contributed by atoms with Crippen molar-refractivity contribution in [3.63, 3.8) is 0 Å². The Hall–Kier alpha value is -1.31. The second-order valence-electron chi connectivity index (χ2n) is 5.46. The van der Waals surface area contributed by atoms with Crippen LogP contribution < -0.4 is 0 Å². The number of carbonyl (C=O) groups is 1. The Morgan fingerprint density at radius 1 is 1.23 bits per heavy atom. The average molecular weight is 328 g/mol. The highest BCUT2D eigenvalue weighted by molar-refractivity contribution is 7.89. The minimum atomic E-state index is -3.16. The first-order valence-electron chi connectivity index (χ1n) is 7.33. The summed E-state index contributed by atoms with van der Waals surface area (Å²) in [7, 11) is -3.16. The SMILES string of the molecule is CCS(=O)(=O)N1CCN(CC(=O)c2ccc(F)c(C)c2)CC1. The second kappa shape index (κ2) is 6.85. The van der Waals surface area contributed by atoms with E-state index in [4.69, 9.17) is 0 Å². The van der Waals surface area contributed by atoms with Gasteiger partial charge in [-0.2, -0.15) is 4.31 Å². The topological polar surface area (TPSA) is 57.7 Å². The molecule has 1 aliphatic rings. The molecule has 1 heterocycles. The molecule has 0 atom stereocenters. The van der Waals surface area contributed by atoms with E-state index in [1.54, 1.807) is 19.9 Å². The molecule has 122 valence electrons. The number of hydrogen-bond acceptors (Lipinski definition) is 4. The van der Waals surface area contributed by atoms with E-state index in [9.17, 15) is 17.6 Å². The number of rotatable bonds is 5. The minimum Gasteiger partial charge on any atom is -0.293 e. The summed E-state index contributed by atoms with van der Waals surface area (Å²) >= 11 is 0. The standard InChI is InChI=1S/C15H21FN2O3S/c1-3-22(20,21)18-8-6-17(7-9-18)11-15(19)13-4-5-14(16)12(2)10-13/h4-5,10H,3,6-9,11H2,1-2H3. The van der Waals surface area contributed by atoms with Crippen molar-refractivity contribution < 1.29 is 17.6 Å². The number of sulfonamides is 1. The van der Waals surface area contributed by atoms with Gasteiger partial charge in [0.15, 0.2) is 5.78 Å². The predicted octanol–water partition coefficient (Wildman–Crippen LogP) is 1.28. The van der Waals surface area contributed by atoms with Gasteiger partial charge in [0, 0.05) is 31.7 Å². The summed E-state index contributed by atoms with van der Waals surface area (Å²) in [5.41, 5.74) is 0.937. The van der Waals surface area contributed by atoms with Crippen LogP contribution >= 0.6 is 0 Å². The van der Waals surface area contributed by atoms with Crippen LogP contribution in [0.2, 0.25) is 0 Å². The zero-order chi connectivity index (χ0) is 16.3. The summed E-state index contributed by atoms with van der Waals surface area (Å²) < 4.78 is 38.3. The first kappa shape index (κ1) is 17.1. The van der Waals surface area contributed by atoms with Crippen LogP contribution in [0.4, 0.5) is 4.39 Å². The third kappa shape index (κ3) is 3.91. The molecule has 1 aromatic rings. The van der Waals surface area contributed by atoms with Crippen LogP contribution in [0.5, 0.6) is 0 Å². The van der Waals surface area contributed by atoms with E-state index in [2.05, 4.69) is 0 Å². The molecule has 0 unspecified atom stereocenters. The molecule has 22 heavy (non-hydrogen) atoms. The van der Waals surface area contributed by atoms with Crippen LogP contribution in [0.15, 0.2) is 18.2 Å². The Morgan fingerprint density at radius 3 is 2.41 bits per heavy atom. The number of carbonyl (C=O) groups excluding carboxylic acids is 1. The van der Waals surface area contributed by atoms with E-state index in [-0.39, 0.29) is 23.9 Å². The summed E-state index contributed by atoms with van der Waals surface area (Å²) in [6.07, 6.45) is 0. The fourth-order valence-corrected chi connectivity index (χ4v) is 3.55. The number of ketones is 1. The summed E-state index contributed by atoms with van der Waals surface area (Å²) in [6, 6.07) is 4.34. The Balaban J connectivity index is 1.93. The molecule has 1 aromatic carbocycles. The maximum absolute atomic E-state index is 13.2. The zero-order valence-corrected chi connectivity index (χ0v) is 13.7. The van der Waals surface area contributed by atoms with E-state index in [1.165, 1.54) is 16.4 Å². The van der Waals surface area contributed by atoms with Crippen molar-refractivity contribution in [1.82, 2.24) is 9.21 Å². The highest BCUT2D eigenvalue weighted by atomic mass is 32.2. The normalized spacial score (nSPS) is 17.6. The monoisotopic (exact) mass is 328 g/mol. The smallest absolute Gasteiger partial charge is 0.213 e. The lowest BCUT2D eigenvalue weighted by molar-refractivity contribution is 0.0901. The molecule has 0 amide bonds. The van der Waals surface area contributed by atoms with Crippen LogP contribution in [-0.2, 0) is 10.0 Å². The molecule has 7 heteroatoms. The zero-order valence-electron chi connectivity index (χ0n) is 12.9. The van der Waals surface area contributed by atoms with Gasteiger partial charge in [0.25, 0.3) is 0 Å². The Morgan fingerprint density at radius 2 is 1.86 bits per heavy atom. The fraction of sp³-hybridized carbons (Fsp3) is 0.533. The van der Waals surface area contributed by atoms with Crippen molar-refractivity contribution in [3.8, 4) is 0 Å². The Kier molecular flexibility index (Phi) is 5.31. The van der Waals surface area contributed by atoms with Crippen LogP contribution in [-0.4, -0.2) is 61.9 Å². The van der Waals surface area contributed by atoms with E-state index in [0.717, 1.165) is 0 Å². The maximum atomic E-state index is 13.2. The summed E-state index contributed by atoms with van der Waals surface area (Å²) in [4.78, 5) is 14.1. The van der Waals surface area contributed by atoms with Gasteiger partial charge in [-0.05, 0) is 37.6 Å².